The Bertz CT molecular complexity index is 459. The predicted octanol–water partition coefficient (Wildman–Crippen LogP) is 2.19. The third-order valence-corrected chi connectivity index (χ3v) is 4.22. The zero-order valence-electron chi connectivity index (χ0n) is 9.22. The molecule has 1 saturated heterocycles. The Morgan fingerprint density at radius 1 is 1.47 bits per heavy atom. The van der Waals surface area contributed by atoms with Crippen LogP contribution in [0.5, 0.6) is 0 Å². The minimum absolute atomic E-state index is 0.00751. The molecule has 1 fully saturated rings. The van der Waals surface area contributed by atoms with Gasteiger partial charge in [-0.3, -0.25) is 9.59 Å². The molecule has 0 spiro atoms. The molecule has 17 heavy (non-hydrogen) atoms. The first-order valence-corrected chi connectivity index (χ1v) is 6.46. The molecule has 92 valence electrons. The highest BCUT2D eigenvalue weighted by molar-refractivity contribution is 7.17. The van der Waals surface area contributed by atoms with Crippen LogP contribution in [0.2, 0.25) is 4.34 Å². The summed E-state index contributed by atoms with van der Waals surface area (Å²) in [7, 11) is 0. The second-order valence-corrected chi connectivity index (χ2v) is 5.95. The van der Waals surface area contributed by atoms with Crippen LogP contribution < -0.4 is 0 Å². The number of carbonyl (C=O) groups is 2. The van der Waals surface area contributed by atoms with E-state index in [-0.39, 0.29) is 18.4 Å². The number of nitrogens with zero attached hydrogens (tertiary/aromatic N) is 1. The van der Waals surface area contributed by atoms with E-state index in [1.807, 2.05) is 6.92 Å². The molecule has 0 saturated carbocycles. The van der Waals surface area contributed by atoms with Gasteiger partial charge in [-0.1, -0.05) is 18.5 Å². The van der Waals surface area contributed by atoms with Crippen molar-refractivity contribution in [2.75, 3.05) is 13.1 Å². The van der Waals surface area contributed by atoms with Crippen molar-refractivity contribution in [3.8, 4) is 0 Å². The van der Waals surface area contributed by atoms with Gasteiger partial charge in [-0.2, -0.15) is 0 Å². The van der Waals surface area contributed by atoms with Crippen LogP contribution in [0.3, 0.4) is 0 Å². The van der Waals surface area contributed by atoms with Gasteiger partial charge < -0.3 is 10.0 Å². The smallest absolute Gasteiger partial charge is 0.308 e. The highest BCUT2D eigenvalue weighted by Crippen LogP contribution is 2.28. The Kier molecular flexibility index (Phi) is 3.40. The van der Waals surface area contributed by atoms with Crippen molar-refractivity contribution in [3.63, 3.8) is 0 Å². The molecule has 0 bridgehead atoms. The number of hydrogen-bond donors (Lipinski definition) is 1. The molecular weight excluding hydrogens is 262 g/mol. The second kappa shape index (κ2) is 4.66. The standard InChI is InChI=1S/C11H12ClNO3S/c1-6-4-13(5-7(6)11(15)16)10(14)8-2-3-9(12)17-8/h2-3,6-7H,4-5H2,1H3,(H,15,16). The van der Waals surface area contributed by atoms with Crippen LogP contribution in [0.4, 0.5) is 0 Å². The summed E-state index contributed by atoms with van der Waals surface area (Å²) >= 11 is 6.99. The van der Waals surface area contributed by atoms with E-state index in [1.54, 1.807) is 17.0 Å². The minimum Gasteiger partial charge on any atom is -0.481 e. The summed E-state index contributed by atoms with van der Waals surface area (Å²) in [5, 5.41) is 9.00. The molecule has 0 aromatic carbocycles. The molecule has 6 heteroatoms. The van der Waals surface area contributed by atoms with Crippen LogP contribution in [0.1, 0.15) is 16.6 Å². The molecule has 1 aliphatic rings. The van der Waals surface area contributed by atoms with E-state index in [2.05, 4.69) is 0 Å². The van der Waals surface area contributed by atoms with Crippen molar-refractivity contribution >= 4 is 34.8 Å². The first-order chi connectivity index (χ1) is 7.99. The maximum Gasteiger partial charge on any atom is 0.308 e. The van der Waals surface area contributed by atoms with E-state index in [0.29, 0.717) is 15.8 Å². The largest absolute Gasteiger partial charge is 0.481 e. The van der Waals surface area contributed by atoms with E-state index < -0.39 is 11.9 Å². The number of aliphatic carboxylic acids is 1. The Morgan fingerprint density at radius 3 is 2.65 bits per heavy atom. The number of amides is 1. The summed E-state index contributed by atoms with van der Waals surface area (Å²) in [6, 6.07) is 3.35. The van der Waals surface area contributed by atoms with Crippen molar-refractivity contribution in [3.05, 3.63) is 21.3 Å². The van der Waals surface area contributed by atoms with E-state index in [4.69, 9.17) is 16.7 Å². The van der Waals surface area contributed by atoms with Gasteiger partial charge in [0.25, 0.3) is 5.91 Å². The highest BCUT2D eigenvalue weighted by atomic mass is 35.5. The SMILES string of the molecule is CC1CN(C(=O)c2ccc(Cl)s2)CC1C(=O)O. The fourth-order valence-electron chi connectivity index (χ4n) is 2.04. The fraction of sp³-hybridized carbons (Fsp3) is 0.455. The van der Waals surface area contributed by atoms with Crippen molar-refractivity contribution in [2.45, 2.75) is 6.92 Å². The normalized spacial score (nSPS) is 24.0. The predicted molar refractivity (Wildman–Crippen MR) is 65.5 cm³/mol. The summed E-state index contributed by atoms with van der Waals surface area (Å²) in [5.74, 6) is -1.43. The molecule has 2 heterocycles. The van der Waals surface area contributed by atoms with Crippen molar-refractivity contribution in [1.29, 1.82) is 0 Å². The molecule has 4 nitrogen and oxygen atoms in total. The quantitative estimate of drug-likeness (QED) is 0.899. The van der Waals surface area contributed by atoms with Crippen LogP contribution in [0.25, 0.3) is 0 Å². The van der Waals surface area contributed by atoms with Crippen LogP contribution in [0, 0.1) is 11.8 Å². The number of thiophene rings is 1. The first kappa shape index (κ1) is 12.4. The molecule has 1 amide bonds. The maximum absolute atomic E-state index is 12.1. The van der Waals surface area contributed by atoms with Crippen molar-refractivity contribution in [1.82, 2.24) is 4.90 Å². The highest BCUT2D eigenvalue weighted by Gasteiger charge is 2.37. The minimum atomic E-state index is -0.836. The summed E-state index contributed by atoms with van der Waals surface area (Å²) in [6.45, 7) is 2.63. The Hall–Kier alpha value is -1.07. The van der Waals surface area contributed by atoms with Crippen LogP contribution >= 0.6 is 22.9 Å². The third kappa shape index (κ3) is 2.45. The molecule has 0 aliphatic carbocycles. The molecule has 1 N–H and O–H groups in total. The van der Waals surface area contributed by atoms with Crippen molar-refractivity contribution < 1.29 is 14.7 Å². The molecule has 2 unspecified atom stereocenters. The zero-order chi connectivity index (χ0) is 12.6. The lowest BCUT2D eigenvalue weighted by Crippen LogP contribution is -2.29. The van der Waals surface area contributed by atoms with E-state index in [0.717, 1.165) is 0 Å². The van der Waals surface area contributed by atoms with Gasteiger partial charge in [0, 0.05) is 13.1 Å². The molecule has 0 radical (unpaired) electrons. The monoisotopic (exact) mass is 273 g/mol. The van der Waals surface area contributed by atoms with Gasteiger partial charge in [0.2, 0.25) is 0 Å². The molecule has 1 aromatic rings. The number of carbonyl (C=O) groups excluding carboxylic acids is 1. The fourth-order valence-corrected chi connectivity index (χ4v) is 3.05. The first-order valence-electron chi connectivity index (χ1n) is 5.26. The van der Waals surface area contributed by atoms with Gasteiger partial charge in [0.15, 0.2) is 0 Å². The zero-order valence-corrected chi connectivity index (χ0v) is 10.8. The Labute approximate surface area is 108 Å². The maximum atomic E-state index is 12.1. The number of hydrogen-bond acceptors (Lipinski definition) is 3. The Balaban J connectivity index is 2.10. The topological polar surface area (TPSA) is 57.6 Å². The number of halogens is 1. The van der Waals surface area contributed by atoms with Gasteiger partial charge in [0.1, 0.15) is 0 Å². The van der Waals surface area contributed by atoms with Gasteiger partial charge in [-0.15, -0.1) is 11.3 Å². The average Bonchev–Trinajstić information content (AvgIpc) is 2.83. The lowest BCUT2D eigenvalue weighted by atomic mass is 9.99. The lowest BCUT2D eigenvalue weighted by Gasteiger charge is -2.14. The molecule has 1 aliphatic heterocycles. The van der Waals surface area contributed by atoms with Crippen LogP contribution in [0.15, 0.2) is 12.1 Å². The molecule has 2 rings (SSSR count). The number of carboxylic acids is 1. The summed E-state index contributed by atoms with van der Waals surface area (Å²) in [5.41, 5.74) is 0. The second-order valence-electron chi connectivity index (χ2n) is 4.24. The van der Waals surface area contributed by atoms with Gasteiger partial charge in [-0.05, 0) is 18.1 Å². The molecule has 2 atom stereocenters. The van der Waals surface area contributed by atoms with E-state index in [1.165, 1.54) is 11.3 Å². The third-order valence-electron chi connectivity index (χ3n) is 3.00. The average molecular weight is 274 g/mol. The number of likely N-dealkylation sites (tertiary alicyclic amines) is 1. The Morgan fingerprint density at radius 2 is 2.18 bits per heavy atom. The van der Waals surface area contributed by atoms with E-state index >= 15 is 0 Å². The van der Waals surface area contributed by atoms with Gasteiger partial charge in [-0.25, -0.2) is 0 Å². The van der Waals surface area contributed by atoms with Crippen LogP contribution in [-0.4, -0.2) is 35.0 Å². The molecular formula is C11H12ClNO3S. The van der Waals surface area contributed by atoms with Crippen molar-refractivity contribution in [2.24, 2.45) is 11.8 Å². The van der Waals surface area contributed by atoms with Gasteiger partial charge >= 0.3 is 5.97 Å². The van der Waals surface area contributed by atoms with E-state index in [9.17, 15) is 9.59 Å². The number of carboxylic acid groups (broad SMARTS) is 1. The van der Waals surface area contributed by atoms with Crippen LogP contribution in [-0.2, 0) is 4.79 Å². The van der Waals surface area contributed by atoms with Gasteiger partial charge in [0.05, 0.1) is 15.1 Å². The summed E-state index contributed by atoms with van der Waals surface area (Å²) < 4.78 is 0.565. The molecule has 1 aromatic heterocycles. The number of rotatable bonds is 2. The lowest BCUT2D eigenvalue weighted by molar-refractivity contribution is -0.142. The summed E-state index contributed by atoms with van der Waals surface area (Å²) in [4.78, 5) is 25.2. The summed E-state index contributed by atoms with van der Waals surface area (Å²) in [6.07, 6.45) is 0.